The van der Waals surface area contributed by atoms with E-state index in [-0.39, 0.29) is 6.04 Å². The van der Waals surface area contributed by atoms with Crippen molar-refractivity contribution < 1.29 is 4.84 Å². The van der Waals surface area contributed by atoms with Crippen LogP contribution in [0.25, 0.3) is 0 Å². The molecule has 0 aliphatic rings. The molecule has 0 aliphatic heterocycles. The zero-order chi connectivity index (χ0) is 11.7. The van der Waals surface area contributed by atoms with Crippen molar-refractivity contribution in [2.45, 2.75) is 19.9 Å². The Bertz CT molecular complexity index is 248. The Kier molecular flexibility index (Phi) is 7.31. The fraction of sp³-hybridized carbons (Fsp3) is 0.500. The predicted octanol–water partition coefficient (Wildman–Crippen LogP) is 0.520. The van der Waals surface area contributed by atoms with Crippen LogP contribution in [0.5, 0.6) is 0 Å². The van der Waals surface area contributed by atoms with E-state index in [1.54, 1.807) is 13.1 Å². The van der Waals surface area contributed by atoms with Crippen LogP contribution < -0.4 is 16.5 Å². The number of nitrogens with one attached hydrogen (secondary N) is 2. The summed E-state index contributed by atoms with van der Waals surface area (Å²) in [6, 6.07) is -0.239. The third kappa shape index (κ3) is 5.19. The van der Waals surface area contributed by atoms with Crippen molar-refractivity contribution in [2.24, 2.45) is 10.7 Å². The van der Waals surface area contributed by atoms with E-state index < -0.39 is 0 Å². The van der Waals surface area contributed by atoms with Crippen LogP contribution >= 0.6 is 0 Å². The summed E-state index contributed by atoms with van der Waals surface area (Å²) in [6.45, 7) is 8.03. The molecule has 0 aromatic rings. The number of hydroxylamine groups is 1. The molecular formula is C10H20N4O. The molecule has 4 N–H and O–H groups in total. The molecule has 0 spiro atoms. The number of hydrogen-bond donors (Lipinski definition) is 3. The Hall–Kier alpha value is -1.33. The lowest BCUT2D eigenvalue weighted by Gasteiger charge is -2.11. The second-order valence-electron chi connectivity index (χ2n) is 2.91. The minimum atomic E-state index is -0.239. The van der Waals surface area contributed by atoms with Crippen molar-refractivity contribution in [3.63, 3.8) is 0 Å². The largest absolute Gasteiger partial charge is 0.417 e. The standard InChI is InChI=1S/C10H20N4O/c1-5-14-15-7-6-9(11)8(2)10(12-3)13-4/h6-7,9,13-14H,3,5,11H2,1-2,4H3/b7-6+,10-8+. The smallest absolute Gasteiger partial charge is 0.125 e. The van der Waals surface area contributed by atoms with Gasteiger partial charge >= 0.3 is 0 Å². The molecule has 86 valence electrons. The molecular weight excluding hydrogens is 192 g/mol. The van der Waals surface area contributed by atoms with E-state index in [9.17, 15) is 0 Å². The summed E-state index contributed by atoms with van der Waals surface area (Å²) in [5.74, 6) is 0.690. The third-order valence-electron chi connectivity index (χ3n) is 1.85. The molecule has 5 heteroatoms. The van der Waals surface area contributed by atoms with Gasteiger partial charge in [-0.2, -0.15) is 5.48 Å². The van der Waals surface area contributed by atoms with Gasteiger partial charge in [-0.15, -0.1) is 0 Å². The van der Waals surface area contributed by atoms with Gasteiger partial charge in [-0.25, -0.2) is 4.99 Å². The molecule has 1 unspecified atom stereocenters. The number of rotatable bonds is 7. The molecule has 0 radical (unpaired) electrons. The number of aliphatic imine (C=N–C) groups is 1. The highest BCUT2D eigenvalue weighted by Crippen LogP contribution is 2.06. The zero-order valence-corrected chi connectivity index (χ0v) is 9.58. The molecule has 0 saturated heterocycles. The Morgan fingerprint density at radius 3 is 2.80 bits per heavy atom. The summed E-state index contributed by atoms with van der Waals surface area (Å²) in [5, 5.41) is 2.91. The van der Waals surface area contributed by atoms with E-state index in [2.05, 4.69) is 22.5 Å². The van der Waals surface area contributed by atoms with Gasteiger partial charge in [0.25, 0.3) is 0 Å². The van der Waals surface area contributed by atoms with Crippen LogP contribution in [0.1, 0.15) is 13.8 Å². The molecule has 1 atom stereocenters. The highest BCUT2D eigenvalue weighted by molar-refractivity contribution is 5.31. The fourth-order valence-electron chi connectivity index (χ4n) is 0.959. The van der Waals surface area contributed by atoms with E-state index in [1.807, 2.05) is 13.8 Å². The van der Waals surface area contributed by atoms with Gasteiger partial charge in [-0.3, -0.25) is 0 Å². The first kappa shape index (κ1) is 13.7. The molecule has 0 heterocycles. The normalized spacial score (nSPS) is 14.7. The number of hydrogen-bond acceptors (Lipinski definition) is 5. The van der Waals surface area contributed by atoms with Gasteiger partial charge in [-0.05, 0) is 32.2 Å². The maximum atomic E-state index is 5.87. The zero-order valence-electron chi connectivity index (χ0n) is 9.58. The first-order chi connectivity index (χ1) is 7.17. The van der Waals surface area contributed by atoms with E-state index in [4.69, 9.17) is 10.6 Å². The first-order valence-corrected chi connectivity index (χ1v) is 4.83. The molecule has 0 saturated carbocycles. The molecule has 0 aromatic heterocycles. The van der Waals surface area contributed by atoms with Crippen LogP contribution in [-0.4, -0.2) is 26.4 Å². The van der Waals surface area contributed by atoms with Crippen molar-refractivity contribution >= 4 is 6.72 Å². The fourth-order valence-corrected chi connectivity index (χ4v) is 0.959. The summed E-state index contributed by atoms with van der Waals surface area (Å²) in [5.41, 5.74) is 9.47. The van der Waals surface area contributed by atoms with Crippen LogP contribution in [0, 0.1) is 0 Å². The molecule has 15 heavy (non-hydrogen) atoms. The van der Waals surface area contributed by atoms with E-state index in [0.717, 1.165) is 12.1 Å². The van der Waals surface area contributed by atoms with Gasteiger partial charge in [-0.1, -0.05) is 0 Å². The lowest BCUT2D eigenvalue weighted by Crippen LogP contribution is -2.23. The minimum absolute atomic E-state index is 0.239. The quantitative estimate of drug-likeness (QED) is 0.249. The van der Waals surface area contributed by atoms with Gasteiger partial charge in [0.05, 0.1) is 6.04 Å². The Balaban J connectivity index is 4.30. The molecule has 0 fully saturated rings. The average molecular weight is 212 g/mol. The monoisotopic (exact) mass is 212 g/mol. The summed E-state index contributed by atoms with van der Waals surface area (Å²) < 4.78 is 0. The second kappa shape index (κ2) is 8.02. The SMILES string of the molecule is C=N/C(NC)=C(/C)C(N)/C=C/ONCC. The minimum Gasteiger partial charge on any atom is -0.417 e. The maximum Gasteiger partial charge on any atom is 0.125 e. The summed E-state index contributed by atoms with van der Waals surface area (Å²) in [4.78, 5) is 8.77. The van der Waals surface area contributed by atoms with Gasteiger partial charge in [0.1, 0.15) is 12.1 Å². The number of nitrogens with two attached hydrogens (primary N) is 1. The van der Waals surface area contributed by atoms with Crippen LogP contribution in [-0.2, 0) is 4.84 Å². The summed E-state index contributed by atoms with van der Waals surface area (Å²) in [7, 11) is 1.78. The Labute approximate surface area is 91.0 Å². The maximum absolute atomic E-state index is 5.87. The Morgan fingerprint density at radius 1 is 1.67 bits per heavy atom. The summed E-state index contributed by atoms with van der Waals surface area (Å²) >= 11 is 0. The topological polar surface area (TPSA) is 71.7 Å². The molecule has 0 bridgehead atoms. The number of nitrogens with zero attached hydrogens (tertiary/aromatic N) is 1. The average Bonchev–Trinajstić information content (AvgIpc) is 2.25. The molecule has 0 aliphatic carbocycles. The second-order valence-corrected chi connectivity index (χ2v) is 2.91. The third-order valence-corrected chi connectivity index (χ3v) is 1.85. The van der Waals surface area contributed by atoms with Crippen LogP contribution in [0.3, 0.4) is 0 Å². The van der Waals surface area contributed by atoms with Crippen molar-refractivity contribution in [1.29, 1.82) is 0 Å². The molecule has 0 rings (SSSR count). The van der Waals surface area contributed by atoms with E-state index in [0.29, 0.717) is 5.82 Å². The van der Waals surface area contributed by atoms with Gasteiger partial charge in [0.15, 0.2) is 0 Å². The van der Waals surface area contributed by atoms with E-state index in [1.165, 1.54) is 6.26 Å². The highest BCUT2D eigenvalue weighted by atomic mass is 16.6. The molecule has 0 amide bonds. The van der Waals surface area contributed by atoms with Crippen molar-refractivity contribution in [3.8, 4) is 0 Å². The molecule has 5 nitrogen and oxygen atoms in total. The van der Waals surface area contributed by atoms with Crippen molar-refractivity contribution in [1.82, 2.24) is 10.8 Å². The van der Waals surface area contributed by atoms with Crippen molar-refractivity contribution in [2.75, 3.05) is 13.6 Å². The van der Waals surface area contributed by atoms with Crippen LogP contribution in [0.2, 0.25) is 0 Å². The van der Waals surface area contributed by atoms with Gasteiger partial charge < -0.3 is 15.9 Å². The predicted molar refractivity (Wildman–Crippen MR) is 63.2 cm³/mol. The van der Waals surface area contributed by atoms with Crippen LogP contribution in [0.15, 0.2) is 28.7 Å². The first-order valence-electron chi connectivity index (χ1n) is 4.83. The van der Waals surface area contributed by atoms with Crippen molar-refractivity contribution in [3.05, 3.63) is 23.7 Å². The van der Waals surface area contributed by atoms with E-state index >= 15 is 0 Å². The van der Waals surface area contributed by atoms with Gasteiger partial charge in [0, 0.05) is 13.6 Å². The highest BCUT2D eigenvalue weighted by Gasteiger charge is 2.05. The lowest BCUT2D eigenvalue weighted by atomic mass is 10.1. The van der Waals surface area contributed by atoms with Gasteiger partial charge in [0.2, 0.25) is 0 Å². The summed E-state index contributed by atoms with van der Waals surface area (Å²) in [6.07, 6.45) is 3.26. The molecule has 0 aromatic carbocycles. The Morgan fingerprint density at radius 2 is 2.33 bits per heavy atom. The van der Waals surface area contributed by atoms with Crippen LogP contribution in [0.4, 0.5) is 0 Å². The lowest BCUT2D eigenvalue weighted by molar-refractivity contribution is 0.139.